The van der Waals surface area contributed by atoms with Crippen molar-refractivity contribution >= 4 is 65.9 Å². The molecule has 0 bridgehead atoms. The monoisotopic (exact) mass is 604 g/mol. The maximum Gasteiger partial charge on any atom is 0 e. The van der Waals surface area contributed by atoms with Crippen LogP contribution in [0.2, 0.25) is 0 Å². The molecule has 0 aliphatic heterocycles. The van der Waals surface area contributed by atoms with E-state index in [4.69, 9.17) is 6.42 Å². The van der Waals surface area contributed by atoms with Crippen molar-refractivity contribution in [2.75, 3.05) is 7.11 Å². The topological polar surface area (TPSA) is 26.3 Å². The average molecular weight is 604 g/mol. The number of carbonyl (C=O) groups excluding carboxylic acids is 1. The van der Waals surface area contributed by atoms with Crippen molar-refractivity contribution in [3.05, 3.63) is 6.42 Å². The van der Waals surface area contributed by atoms with Crippen LogP contribution < -0.4 is 0 Å². The van der Waals surface area contributed by atoms with E-state index in [1.54, 1.807) is 0 Å². The Kier molecular flexibility index (Phi) is 27.2. The summed E-state index contributed by atoms with van der Waals surface area (Å²) in [6.45, 7) is 0. The fourth-order valence-electron chi connectivity index (χ4n) is 0.0510. The fraction of sp³-hybridized carbons (Fsp3) is 0.250. The Hall–Kier alpha value is 2.91. The van der Waals surface area contributed by atoms with E-state index >= 15 is 0 Å². The smallest absolute Gasteiger partial charge is 0 e. The summed E-state index contributed by atoms with van der Waals surface area (Å²) in [6, 6.07) is 0. The van der Waals surface area contributed by atoms with E-state index in [2.05, 4.69) is 64.7 Å². The minimum absolute atomic E-state index is 0. The van der Waals surface area contributed by atoms with Crippen LogP contribution in [0.15, 0.2) is 0 Å². The maximum atomic E-state index is 9.66. The van der Waals surface area contributed by atoms with Crippen LogP contribution in [-0.2, 0) is 47.2 Å². The number of hydrogen-bond acceptors (Lipinski definition) is 2. The molecule has 0 N–H and O–H groups in total. The molecule has 0 rings (SSSR count). The van der Waals surface area contributed by atoms with E-state index in [9.17, 15) is 4.79 Å². The zero-order chi connectivity index (χ0) is 8.57. The van der Waals surface area contributed by atoms with E-state index in [-0.39, 0.29) is 37.6 Å². The van der Waals surface area contributed by atoms with Crippen molar-refractivity contribution in [1.29, 1.82) is 0 Å². The van der Waals surface area contributed by atoms with Gasteiger partial charge in [-0.25, -0.2) is 5.92 Å². The second-order valence-corrected chi connectivity index (χ2v) is 36.2. The van der Waals surface area contributed by atoms with Crippen LogP contribution in [0, 0.1) is 12.3 Å². The predicted molar refractivity (Wildman–Crippen MR) is 61.2 cm³/mol. The predicted octanol–water partition coefficient (Wildman–Crippen LogP) is 2.40. The molecule has 2 nitrogen and oxygen atoms in total. The number of rotatable bonds is 0. The van der Waals surface area contributed by atoms with Crippen molar-refractivity contribution in [1.82, 2.24) is 0 Å². The molecule has 0 aromatic rings. The molecule has 0 spiro atoms. The maximum absolute atomic E-state index is 9.66. The summed E-state index contributed by atoms with van der Waals surface area (Å²) >= 11 is 7.39. The van der Waals surface area contributed by atoms with E-state index < -0.39 is 5.97 Å². The van der Waals surface area contributed by atoms with Crippen LogP contribution in [-0.4, -0.2) is 13.1 Å². The third-order valence-electron chi connectivity index (χ3n) is 0.287. The van der Waals surface area contributed by atoms with Crippen LogP contribution in [0.3, 0.4) is 0 Å². The van der Waals surface area contributed by atoms with Gasteiger partial charge in [-0.3, -0.25) is 0 Å². The van der Waals surface area contributed by atoms with Gasteiger partial charge in [0.1, 0.15) is 0 Å². The van der Waals surface area contributed by atoms with Gasteiger partial charge in [0, 0.05) is 32.7 Å². The molecule has 0 amide bonds. The van der Waals surface area contributed by atoms with Gasteiger partial charge in [0.2, 0.25) is 5.97 Å². The average Bonchev–Trinajstić information content (AvgIpc) is 1.85. The molecule has 0 heterocycles. The Morgan fingerprint density at radius 1 is 1.55 bits per heavy atom. The van der Waals surface area contributed by atoms with E-state index in [0.29, 0.717) is 0 Å². The SMILES string of the molecule is [C-]#CC(=O)OC.[I][V]([I])[I].[Y]. The third-order valence-corrected chi connectivity index (χ3v) is 0.287. The minimum atomic E-state index is -0.741. The molecule has 7 heteroatoms. The van der Waals surface area contributed by atoms with Crippen molar-refractivity contribution in [3.63, 3.8) is 0 Å². The Morgan fingerprint density at radius 3 is 1.82 bits per heavy atom. The zero-order valence-electron chi connectivity index (χ0n) is 5.47. The molecule has 0 aromatic carbocycles. The van der Waals surface area contributed by atoms with Crippen LogP contribution >= 0.6 is 59.9 Å². The van der Waals surface area contributed by atoms with Gasteiger partial charge < -0.3 is 16.0 Å². The first-order valence-electron chi connectivity index (χ1n) is 1.82. The van der Waals surface area contributed by atoms with Crippen molar-refractivity contribution in [2.24, 2.45) is 0 Å². The number of halogens is 3. The molecule has 0 aliphatic carbocycles. The van der Waals surface area contributed by atoms with Gasteiger partial charge in [-0.2, -0.15) is 0 Å². The van der Waals surface area contributed by atoms with Crippen LogP contribution in [0.4, 0.5) is 0 Å². The summed E-state index contributed by atoms with van der Waals surface area (Å²) in [6.07, 6.45) is 6.08. The van der Waals surface area contributed by atoms with Gasteiger partial charge in [0.15, 0.2) is 0 Å². The first kappa shape index (κ1) is 19.5. The molecule has 61 valence electrons. The number of ether oxygens (including phenoxy) is 1. The summed E-state index contributed by atoms with van der Waals surface area (Å²) < 4.78 is 3.96. The van der Waals surface area contributed by atoms with Gasteiger partial charge in [-0.1, -0.05) is 0 Å². The van der Waals surface area contributed by atoms with Gasteiger partial charge in [-0.15, -0.1) is 0 Å². The normalized spacial score (nSPS) is 6.55. The standard InChI is InChI=1S/C4H3O2.3HI.V.Y/c1-3-4(5)6-2;;;;;/h2H3;3*1H;;/q-1;;;;+3;/p-3. The number of carbonyl (C=O) groups is 1. The third kappa shape index (κ3) is 32.2. The first-order valence-corrected chi connectivity index (χ1v) is 15.3. The molecule has 11 heavy (non-hydrogen) atoms. The summed E-state index contributed by atoms with van der Waals surface area (Å²) in [5, 5.41) is 0. The molecule has 1 radical (unpaired) electrons. The number of hydrogen-bond donors (Lipinski definition) is 0. The number of esters is 1. The molecular formula is C4H3I3O2VY-. The molecule has 0 fully saturated rings. The van der Waals surface area contributed by atoms with E-state index in [0.717, 1.165) is 0 Å². The van der Waals surface area contributed by atoms with Gasteiger partial charge in [-0.05, 0) is 0 Å². The van der Waals surface area contributed by atoms with E-state index in [1.165, 1.54) is 13.0 Å². The van der Waals surface area contributed by atoms with Gasteiger partial charge >= 0.3 is 64.9 Å². The second kappa shape index (κ2) is 15.4. The summed E-state index contributed by atoms with van der Waals surface area (Å²) in [7, 11) is 1.20. The van der Waals surface area contributed by atoms with Crippen LogP contribution in [0.5, 0.6) is 0 Å². The van der Waals surface area contributed by atoms with Crippen LogP contribution in [0.25, 0.3) is 0 Å². The van der Waals surface area contributed by atoms with Crippen molar-refractivity contribution in [2.45, 2.75) is 0 Å². The summed E-state index contributed by atoms with van der Waals surface area (Å²) in [5.41, 5.74) is 0. The summed E-state index contributed by atoms with van der Waals surface area (Å²) in [4.78, 5) is 9.38. The largest absolute Gasteiger partial charge is 0 e. The Bertz CT molecular complexity index is 133. The summed E-state index contributed by atoms with van der Waals surface area (Å²) in [5.74, 6) is 0.763. The van der Waals surface area contributed by atoms with Crippen molar-refractivity contribution in [3.8, 4) is 5.92 Å². The molecule has 0 saturated carbocycles. The van der Waals surface area contributed by atoms with Gasteiger partial charge in [0.05, 0.1) is 7.11 Å². The first-order chi connectivity index (χ1) is 4.54. The minimum Gasteiger partial charge on any atom is 0 e. The van der Waals surface area contributed by atoms with Gasteiger partial charge in [0.25, 0.3) is 0 Å². The molecule has 0 atom stereocenters. The molecular weight excluding hydrogens is 601 g/mol. The Morgan fingerprint density at radius 2 is 1.82 bits per heavy atom. The quantitative estimate of drug-likeness (QED) is 0.184. The zero-order valence-corrected chi connectivity index (χ0v) is 16.2. The molecule has 0 aromatic heterocycles. The Balaban J connectivity index is -0.000000114. The van der Waals surface area contributed by atoms with Crippen LogP contribution in [0.1, 0.15) is 0 Å². The molecule has 0 unspecified atom stereocenters. The second-order valence-electron chi connectivity index (χ2n) is 0.808. The molecule has 0 saturated heterocycles. The fourth-order valence-corrected chi connectivity index (χ4v) is 0.0510. The number of methoxy groups -OCH3 is 1. The molecule has 0 aliphatic rings. The van der Waals surface area contributed by atoms with E-state index in [1.807, 2.05) is 0 Å². The van der Waals surface area contributed by atoms with Crippen molar-refractivity contribution < 1.29 is 47.2 Å². The Labute approximate surface area is 129 Å².